The van der Waals surface area contributed by atoms with E-state index in [4.69, 9.17) is 0 Å². The standard InChI is InChI=1S/C18H24FN5OS.HI/c1-3-20-18(22-8-7-14-5-4-6-15(19)11-14)23-10-9-21-17(25)16-13(2)24-12-26-16;/h4-6,11-12H,3,7-10H2,1-2H3,(H,21,25)(H2,20,22,23);1H. The summed E-state index contributed by atoms with van der Waals surface area (Å²) in [5, 5.41) is 9.18. The van der Waals surface area contributed by atoms with Crippen molar-refractivity contribution in [1.29, 1.82) is 0 Å². The first-order valence-electron chi connectivity index (χ1n) is 8.55. The SMILES string of the molecule is CCNC(=NCCc1cccc(F)c1)NCCNC(=O)c1scnc1C.I. The lowest BCUT2D eigenvalue weighted by atomic mass is 10.1. The van der Waals surface area contributed by atoms with Gasteiger partial charge in [-0.3, -0.25) is 9.79 Å². The van der Waals surface area contributed by atoms with Gasteiger partial charge in [-0.2, -0.15) is 0 Å². The summed E-state index contributed by atoms with van der Waals surface area (Å²) in [6.45, 7) is 6.11. The van der Waals surface area contributed by atoms with Gasteiger partial charge >= 0.3 is 0 Å². The second kappa shape index (κ2) is 12.6. The van der Waals surface area contributed by atoms with Crippen molar-refractivity contribution in [2.45, 2.75) is 20.3 Å². The number of rotatable bonds is 8. The Hall–Kier alpha value is -1.75. The maximum atomic E-state index is 13.2. The Bertz CT molecular complexity index is 753. The van der Waals surface area contributed by atoms with E-state index in [1.165, 1.54) is 23.5 Å². The normalized spacial score (nSPS) is 10.9. The number of carbonyl (C=O) groups excluding carboxylic acids is 1. The fraction of sp³-hybridized carbons (Fsp3) is 0.389. The first-order chi connectivity index (χ1) is 12.6. The van der Waals surface area contributed by atoms with Crippen LogP contribution >= 0.6 is 35.3 Å². The fourth-order valence-electron chi connectivity index (χ4n) is 2.29. The molecule has 0 atom stereocenters. The van der Waals surface area contributed by atoms with Gasteiger partial charge in [0, 0.05) is 26.2 Å². The molecule has 0 saturated carbocycles. The van der Waals surface area contributed by atoms with Gasteiger partial charge in [-0.15, -0.1) is 35.3 Å². The Kier molecular flexibility index (Phi) is 10.9. The van der Waals surface area contributed by atoms with Crippen molar-refractivity contribution < 1.29 is 9.18 Å². The lowest BCUT2D eigenvalue weighted by Gasteiger charge is -2.11. The van der Waals surface area contributed by atoms with Crippen LogP contribution in [-0.4, -0.2) is 43.0 Å². The zero-order chi connectivity index (χ0) is 18.8. The smallest absolute Gasteiger partial charge is 0.263 e. The monoisotopic (exact) mass is 505 g/mol. The quantitative estimate of drug-likeness (QED) is 0.223. The first-order valence-corrected chi connectivity index (χ1v) is 9.43. The zero-order valence-electron chi connectivity index (χ0n) is 15.4. The molecule has 3 N–H and O–H groups in total. The number of aromatic nitrogens is 1. The molecule has 148 valence electrons. The van der Waals surface area contributed by atoms with Crippen LogP contribution in [0, 0.1) is 12.7 Å². The Morgan fingerprint density at radius 1 is 1.26 bits per heavy atom. The van der Waals surface area contributed by atoms with Gasteiger partial charge in [0.05, 0.1) is 11.2 Å². The summed E-state index contributed by atoms with van der Waals surface area (Å²) in [5.74, 6) is 0.329. The summed E-state index contributed by atoms with van der Waals surface area (Å²) in [7, 11) is 0. The van der Waals surface area contributed by atoms with Crippen LogP contribution in [0.4, 0.5) is 4.39 Å². The highest BCUT2D eigenvalue weighted by Crippen LogP contribution is 2.11. The van der Waals surface area contributed by atoms with Crippen LogP contribution in [-0.2, 0) is 6.42 Å². The van der Waals surface area contributed by atoms with Crippen LogP contribution in [0.2, 0.25) is 0 Å². The van der Waals surface area contributed by atoms with E-state index in [-0.39, 0.29) is 35.7 Å². The zero-order valence-corrected chi connectivity index (χ0v) is 18.6. The maximum Gasteiger partial charge on any atom is 0.263 e. The Labute approximate surface area is 180 Å². The molecule has 0 unspecified atom stereocenters. The molecular weight excluding hydrogens is 480 g/mol. The summed E-state index contributed by atoms with van der Waals surface area (Å²) in [5.41, 5.74) is 3.32. The van der Waals surface area contributed by atoms with Crippen molar-refractivity contribution in [3.63, 3.8) is 0 Å². The topological polar surface area (TPSA) is 78.4 Å². The van der Waals surface area contributed by atoms with Crippen molar-refractivity contribution in [2.24, 2.45) is 4.99 Å². The van der Waals surface area contributed by atoms with E-state index < -0.39 is 0 Å². The number of nitrogens with one attached hydrogen (secondary N) is 3. The van der Waals surface area contributed by atoms with Crippen LogP contribution in [0.1, 0.15) is 27.9 Å². The number of aliphatic imine (C=N–C) groups is 1. The summed E-state index contributed by atoms with van der Waals surface area (Å²) in [6.07, 6.45) is 0.662. The minimum atomic E-state index is -0.233. The summed E-state index contributed by atoms with van der Waals surface area (Å²) >= 11 is 1.33. The van der Waals surface area contributed by atoms with Gasteiger partial charge in [-0.1, -0.05) is 12.1 Å². The number of amides is 1. The van der Waals surface area contributed by atoms with E-state index in [9.17, 15) is 9.18 Å². The molecule has 9 heteroatoms. The van der Waals surface area contributed by atoms with E-state index in [1.807, 2.05) is 19.9 Å². The number of thiazole rings is 1. The van der Waals surface area contributed by atoms with E-state index in [2.05, 4.69) is 25.9 Å². The molecule has 0 aliphatic heterocycles. The molecule has 2 rings (SSSR count). The van der Waals surface area contributed by atoms with Gasteiger partial charge in [0.2, 0.25) is 0 Å². The van der Waals surface area contributed by atoms with Crippen LogP contribution in [0.25, 0.3) is 0 Å². The van der Waals surface area contributed by atoms with Crippen LogP contribution in [0.3, 0.4) is 0 Å². The molecule has 27 heavy (non-hydrogen) atoms. The summed E-state index contributed by atoms with van der Waals surface area (Å²) in [4.78, 5) is 21.2. The minimum absolute atomic E-state index is 0. The molecule has 0 radical (unpaired) electrons. The van der Waals surface area contributed by atoms with Gasteiger partial charge in [-0.05, 0) is 38.0 Å². The van der Waals surface area contributed by atoms with Crippen LogP contribution < -0.4 is 16.0 Å². The fourth-order valence-corrected chi connectivity index (χ4v) is 3.01. The van der Waals surface area contributed by atoms with Gasteiger partial charge in [-0.25, -0.2) is 9.37 Å². The van der Waals surface area contributed by atoms with Crippen molar-refractivity contribution in [3.05, 3.63) is 51.7 Å². The molecule has 0 aliphatic rings. The molecule has 1 amide bonds. The molecule has 6 nitrogen and oxygen atoms in total. The predicted molar refractivity (Wildman–Crippen MR) is 119 cm³/mol. The lowest BCUT2D eigenvalue weighted by Crippen LogP contribution is -2.41. The van der Waals surface area contributed by atoms with Gasteiger partial charge in [0.1, 0.15) is 10.7 Å². The molecule has 0 saturated heterocycles. The van der Waals surface area contributed by atoms with Crippen LogP contribution in [0.5, 0.6) is 0 Å². The molecule has 0 bridgehead atoms. The number of hydrogen-bond donors (Lipinski definition) is 3. The molecular formula is C18H25FIN5OS. The maximum absolute atomic E-state index is 13.2. The van der Waals surface area contributed by atoms with Crippen molar-refractivity contribution >= 4 is 47.2 Å². The highest BCUT2D eigenvalue weighted by Gasteiger charge is 2.10. The number of benzene rings is 1. The number of carbonyl (C=O) groups is 1. The largest absolute Gasteiger partial charge is 0.357 e. The first kappa shape index (κ1) is 23.3. The third-order valence-electron chi connectivity index (χ3n) is 3.56. The van der Waals surface area contributed by atoms with Gasteiger partial charge in [0.15, 0.2) is 5.96 Å². The molecule has 1 aromatic heterocycles. The predicted octanol–water partition coefficient (Wildman–Crippen LogP) is 2.74. The second-order valence-corrected chi connectivity index (χ2v) is 6.44. The summed E-state index contributed by atoms with van der Waals surface area (Å²) < 4.78 is 13.2. The number of halogens is 2. The highest BCUT2D eigenvalue weighted by atomic mass is 127. The molecule has 0 aliphatic carbocycles. The number of nitrogens with zero attached hydrogens (tertiary/aromatic N) is 2. The number of aryl methyl sites for hydroxylation is 1. The molecule has 0 fully saturated rings. The van der Waals surface area contributed by atoms with Gasteiger partial charge in [0.25, 0.3) is 5.91 Å². The molecule has 2 aromatic rings. The van der Waals surface area contributed by atoms with Crippen LogP contribution in [0.15, 0.2) is 34.8 Å². The van der Waals surface area contributed by atoms with Crippen molar-refractivity contribution in [1.82, 2.24) is 20.9 Å². The highest BCUT2D eigenvalue weighted by molar-refractivity contribution is 14.0. The Morgan fingerprint density at radius 2 is 2.04 bits per heavy atom. The van der Waals surface area contributed by atoms with E-state index in [0.717, 1.165) is 17.8 Å². The third-order valence-corrected chi connectivity index (χ3v) is 4.49. The van der Waals surface area contributed by atoms with Gasteiger partial charge < -0.3 is 16.0 Å². The second-order valence-electron chi connectivity index (χ2n) is 5.59. The number of hydrogen-bond acceptors (Lipinski definition) is 4. The average molecular weight is 505 g/mol. The van der Waals surface area contributed by atoms with E-state index in [1.54, 1.807) is 11.6 Å². The van der Waals surface area contributed by atoms with E-state index in [0.29, 0.717) is 36.9 Å². The average Bonchev–Trinajstić information content (AvgIpc) is 3.04. The Morgan fingerprint density at radius 3 is 2.70 bits per heavy atom. The Balaban J connectivity index is 0.00000364. The van der Waals surface area contributed by atoms with Crippen molar-refractivity contribution in [2.75, 3.05) is 26.2 Å². The molecule has 1 heterocycles. The minimum Gasteiger partial charge on any atom is -0.357 e. The molecule has 0 spiro atoms. The summed E-state index contributed by atoms with van der Waals surface area (Å²) in [6, 6.07) is 6.54. The van der Waals surface area contributed by atoms with E-state index >= 15 is 0 Å². The number of guanidine groups is 1. The van der Waals surface area contributed by atoms with Crippen molar-refractivity contribution in [3.8, 4) is 0 Å². The molecule has 1 aromatic carbocycles. The lowest BCUT2D eigenvalue weighted by molar-refractivity contribution is 0.0957. The third kappa shape index (κ3) is 8.21.